The summed E-state index contributed by atoms with van der Waals surface area (Å²) in [6.07, 6.45) is 0. The average Bonchev–Trinajstić information content (AvgIpc) is 2.37. The fourth-order valence-electron chi connectivity index (χ4n) is 1.38. The summed E-state index contributed by atoms with van der Waals surface area (Å²) in [4.78, 5) is 22.6. The van der Waals surface area contributed by atoms with Gasteiger partial charge in [0.2, 0.25) is 0 Å². The summed E-state index contributed by atoms with van der Waals surface area (Å²) < 4.78 is 4.77. The summed E-state index contributed by atoms with van der Waals surface area (Å²) in [5, 5.41) is 14.0. The first-order valence-electron chi connectivity index (χ1n) is 5.46. The molecule has 0 aliphatic rings. The fraction of sp³-hybridized carbons (Fsp3) is 0.333. The van der Waals surface area contributed by atoms with E-state index in [1.807, 2.05) is 0 Å². The Morgan fingerprint density at radius 1 is 1.33 bits per heavy atom. The number of carbonyl (C=O) groups is 2. The van der Waals surface area contributed by atoms with Crippen molar-refractivity contribution in [2.45, 2.75) is 6.04 Å². The highest BCUT2D eigenvalue weighted by molar-refractivity contribution is 5.83. The Kier molecular flexibility index (Phi) is 5.66. The largest absolute Gasteiger partial charge is 0.479 e. The third-order valence-electron chi connectivity index (χ3n) is 2.25. The molecule has 0 heterocycles. The van der Waals surface area contributed by atoms with Crippen molar-refractivity contribution in [3.05, 3.63) is 35.9 Å². The number of urea groups is 1. The molecule has 1 aromatic rings. The molecule has 6 nitrogen and oxygen atoms in total. The molecule has 0 aromatic heterocycles. The molecule has 0 saturated heterocycles. The van der Waals surface area contributed by atoms with E-state index in [0.29, 0.717) is 18.7 Å². The van der Waals surface area contributed by atoms with Crippen LogP contribution in [0.3, 0.4) is 0 Å². The van der Waals surface area contributed by atoms with Gasteiger partial charge in [-0.25, -0.2) is 9.59 Å². The van der Waals surface area contributed by atoms with Crippen LogP contribution in [0.4, 0.5) is 4.79 Å². The van der Waals surface area contributed by atoms with E-state index in [1.165, 1.54) is 7.11 Å². The van der Waals surface area contributed by atoms with E-state index in [2.05, 4.69) is 10.6 Å². The molecule has 98 valence electrons. The molecule has 0 fully saturated rings. The zero-order chi connectivity index (χ0) is 13.4. The number of hydrogen-bond acceptors (Lipinski definition) is 3. The molecule has 0 radical (unpaired) electrons. The molecule has 6 heteroatoms. The minimum absolute atomic E-state index is 0.323. The number of benzene rings is 1. The molecule has 0 aliphatic heterocycles. The van der Waals surface area contributed by atoms with E-state index in [9.17, 15) is 9.59 Å². The van der Waals surface area contributed by atoms with Gasteiger partial charge in [-0.3, -0.25) is 0 Å². The number of methoxy groups -OCH3 is 1. The molecular formula is C12H16N2O4. The zero-order valence-electron chi connectivity index (χ0n) is 10.1. The highest BCUT2D eigenvalue weighted by Crippen LogP contribution is 2.12. The van der Waals surface area contributed by atoms with E-state index in [0.717, 1.165) is 0 Å². The minimum Gasteiger partial charge on any atom is -0.479 e. The Morgan fingerprint density at radius 2 is 2.00 bits per heavy atom. The highest BCUT2D eigenvalue weighted by atomic mass is 16.5. The van der Waals surface area contributed by atoms with Crippen molar-refractivity contribution in [1.29, 1.82) is 0 Å². The number of ether oxygens (including phenoxy) is 1. The van der Waals surface area contributed by atoms with E-state index in [1.54, 1.807) is 30.3 Å². The van der Waals surface area contributed by atoms with Gasteiger partial charge in [-0.05, 0) is 5.56 Å². The van der Waals surface area contributed by atoms with Crippen LogP contribution in [0, 0.1) is 0 Å². The molecule has 1 unspecified atom stereocenters. The molecule has 0 aliphatic carbocycles. The fourth-order valence-corrected chi connectivity index (χ4v) is 1.38. The Morgan fingerprint density at radius 3 is 2.56 bits per heavy atom. The van der Waals surface area contributed by atoms with Gasteiger partial charge in [0.25, 0.3) is 0 Å². The van der Waals surface area contributed by atoms with Gasteiger partial charge in [-0.2, -0.15) is 0 Å². The van der Waals surface area contributed by atoms with E-state index in [4.69, 9.17) is 9.84 Å². The second-order valence-electron chi connectivity index (χ2n) is 3.57. The summed E-state index contributed by atoms with van der Waals surface area (Å²) in [5.41, 5.74) is 0.520. The summed E-state index contributed by atoms with van der Waals surface area (Å²) in [6.45, 7) is 0.694. The topological polar surface area (TPSA) is 87.7 Å². The number of carboxylic acids is 1. The first kappa shape index (κ1) is 14.0. The van der Waals surface area contributed by atoms with Crippen LogP contribution in [0.15, 0.2) is 30.3 Å². The number of rotatable bonds is 6. The minimum atomic E-state index is -1.11. The van der Waals surface area contributed by atoms with Gasteiger partial charge in [-0.15, -0.1) is 0 Å². The lowest BCUT2D eigenvalue weighted by molar-refractivity contribution is -0.139. The standard InChI is InChI=1S/C12H16N2O4/c1-18-8-7-13-12(17)14-10(11(15)16)9-5-3-2-4-6-9/h2-6,10H,7-8H2,1H3,(H,15,16)(H2,13,14,17). The predicted octanol–water partition coefficient (Wildman–Crippen LogP) is 0.758. The van der Waals surface area contributed by atoms with Gasteiger partial charge >= 0.3 is 12.0 Å². The van der Waals surface area contributed by atoms with Gasteiger partial charge in [0.15, 0.2) is 6.04 Å². The van der Waals surface area contributed by atoms with Gasteiger partial charge in [0.05, 0.1) is 6.61 Å². The van der Waals surface area contributed by atoms with Crippen LogP contribution in [0.25, 0.3) is 0 Å². The third kappa shape index (κ3) is 4.42. The SMILES string of the molecule is COCCNC(=O)NC(C(=O)O)c1ccccc1. The van der Waals surface area contributed by atoms with E-state index >= 15 is 0 Å². The van der Waals surface area contributed by atoms with Crippen molar-refractivity contribution in [3.8, 4) is 0 Å². The molecule has 0 spiro atoms. The zero-order valence-corrected chi connectivity index (χ0v) is 10.1. The number of carbonyl (C=O) groups excluding carboxylic acids is 1. The molecular weight excluding hydrogens is 236 g/mol. The van der Waals surface area contributed by atoms with Crippen LogP contribution < -0.4 is 10.6 Å². The van der Waals surface area contributed by atoms with Crippen molar-refractivity contribution in [2.75, 3.05) is 20.3 Å². The first-order valence-corrected chi connectivity index (χ1v) is 5.46. The number of aliphatic carboxylic acids is 1. The Bertz CT molecular complexity index is 394. The second-order valence-corrected chi connectivity index (χ2v) is 3.57. The second kappa shape index (κ2) is 7.29. The normalized spacial score (nSPS) is 11.6. The summed E-state index contributed by atoms with van der Waals surface area (Å²) in [5.74, 6) is -1.11. The molecule has 1 aromatic carbocycles. The number of hydrogen-bond donors (Lipinski definition) is 3. The summed E-state index contributed by atoms with van der Waals surface area (Å²) in [6, 6.07) is 6.91. The monoisotopic (exact) mass is 252 g/mol. The van der Waals surface area contributed by atoms with Crippen molar-refractivity contribution in [1.82, 2.24) is 10.6 Å². The summed E-state index contributed by atoms with van der Waals surface area (Å²) >= 11 is 0. The Hall–Kier alpha value is -2.08. The maximum absolute atomic E-state index is 11.5. The lowest BCUT2D eigenvalue weighted by Gasteiger charge is -2.15. The summed E-state index contributed by atoms with van der Waals surface area (Å²) in [7, 11) is 1.52. The van der Waals surface area contributed by atoms with Crippen LogP contribution in [-0.2, 0) is 9.53 Å². The quantitative estimate of drug-likeness (QED) is 0.652. The van der Waals surface area contributed by atoms with Crippen molar-refractivity contribution >= 4 is 12.0 Å². The van der Waals surface area contributed by atoms with Gasteiger partial charge in [0.1, 0.15) is 0 Å². The molecule has 2 amide bonds. The van der Waals surface area contributed by atoms with Crippen LogP contribution in [-0.4, -0.2) is 37.4 Å². The average molecular weight is 252 g/mol. The first-order chi connectivity index (χ1) is 8.65. The van der Waals surface area contributed by atoms with Gasteiger partial charge in [0, 0.05) is 13.7 Å². The molecule has 1 atom stereocenters. The Balaban J connectivity index is 2.59. The molecule has 18 heavy (non-hydrogen) atoms. The van der Waals surface area contributed by atoms with Crippen LogP contribution >= 0.6 is 0 Å². The number of amides is 2. The number of nitrogens with one attached hydrogen (secondary N) is 2. The van der Waals surface area contributed by atoms with Crippen molar-refractivity contribution in [3.63, 3.8) is 0 Å². The highest BCUT2D eigenvalue weighted by Gasteiger charge is 2.21. The smallest absolute Gasteiger partial charge is 0.330 e. The molecule has 3 N–H and O–H groups in total. The lowest BCUT2D eigenvalue weighted by atomic mass is 10.1. The third-order valence-corrected chi connectivity index (χ3v) is 2.25. The number of carboxylic acid groups (broad SMARTS) is 1. The Labute approximate surface area is 105 Å². The maximum Gasteiger partial charge on any atom is 0.330 e. The molecule has 1 rings (SSSR count). The van der Waals surface area contributed by atoms with Crippen molar-refractivity contribution in [2.24, 2.45) is 0 Å². The van der Waals surface area contributed by atoms with Crippen LogP contribution in [0.2, 0.25) is 0 Å². The lowest BCUT2D eigenvalue weighted by Crippen LogP contribution is -2.41. The maximum atomic E-state index is 11.5. The van der Waals surface area contributed by atoms with Gasteiger partial charge in [-0.1, -0.05) is 30.3 Å². The van der Waals surface area contributed by atoms with Crippen LogP contribution in [0.1, 0.15) is 11.6 Å². The van der Waals surface area contributed by atoms with Crippen molar-refractivity contribution < 1.29 is 19.4 Å². The predicted molar refractivity (Wildman–Crippen MR) is 65.2 cm³/mol. The molecule has 0 saturated carbocycles. The van der Waals surface area contributed by atoms with E-state index < -0.39 is 18.0 Å². The van der Waals surface area contributed by atoms with Gasteiger partial charge < -0.3 is 20.5 Å². The van der Waals surface area contributed by atoms with Crippen LogP contribution in [0.5, 0.6) is 0 Å². The van der Waals surface area contributed by atoms with E-state index in [-0.39, 0.29) is 0 Å². The molecule has 0 bridgehead atoms.